The predicted molar refractivity (Wildman–Crippen MR) is 95.8 cm³/mol. The maximum Gasteiger partial charge on any atom is 0.416 e. The van der Waals surface area contributed by atoms with Crippen molar-refractivity contribution in [2.45, 2.75) is 19.0 Å². The molecule has 1 heterocycles. The third kappa shape index (κ3) is 4.61. The Kier molecular flexibility index (Phi) is 5.39. The van der Waals surface area contributed by atoms with E-state index in [1.807, 2.05) is 0 Å². The fraction of sp³-hybridized carbons (Fsp3) is 0.250. The molecule has 0 radical (unpaired) electrons. The highest BCUT2D eigenvalue weighted by molar-refractivity contribution is 6.04. The van der Waals surface area contributed by atoms with Gasteiger partial charge in [-0.2, -0.15) is 13.2 Å². The quantitative estimate of drug-likeness (QED) is 0.774. The van der Waals surface area contributed by atoms with Crippen LogP contribution in [0.3, 0.4) is 0 Å². The van der Waals surface area contributed by atoms with Gasteiger partial charge in [0.2, 0.25) is 5.91 Å². The monoisotopic (exact) mass is 377 g/mol. The molecule has 1 aliphatic rings. The lowest BCUT2D eigenvalue weighted by Crippen LogP contribution is -2.09. The molecule has 0 unspecified atom stereocenters. The minimum absolute atomic E-state index is 0.141. The van der Waals surface area contributed by atoms with Gasteiger partial charge in [0, 0.05) is 23.4 Å². The molecule has 0 spiro atoms. The van der Waals surface area contributed by atoms with Gasteiger partial charge in [0.1, 0.15) is 11.5 Å². The normalized spacial score (nSPS) is 15.5. The number of nitrogens with one attached hydrogen (secondary N) is 1. The molecule has 0 aromatic heterocycles. The van der Waals surface area contributed by atoms with Crippen LogP contribution in [0.25, 0.3) is 5.57 Å². The number of fused-ring (bicyclic) bond motifs is 1. The number of alkyl halides is 3. The molecule has 0 bridgehead atoms. The van der Waals surface area contributed by atoms with E-state index >= 15 is 0 Å². The zero-order valence-corrected chi connectivity index (χ0v) is 14.6. The van der Waals surface area contributed by atoms with Gasteiger partial charge in [-0.05, 0) is 42.7 Å². The third-order valence-electron chi connectivity index (χ3n) is 4.15. The maximum absolute atomic E-state index is 12.9. The molecule has 142 valence electrons. The zero-order chi connectivity index (χ0) is 19.4. The summed E-state index contributed by atoms with van der Waals surface area (Å²) in [6.07, 6.45) is -1.91. The lowest BCUT2D eigenvalue weighted by atomic mass is 9.99. The number of ether oxygens (including phenoxy) is 2. The van der Waals surface area contributed by atoms with E-state index in [4.69, 9.17) is 9.47 Å². The van der Waals surface area contributed by atoms with Gasteiger partial charge in [0.05, 0.1) is 19.3 Å². The number of halogens is 3. The lowest BCUT2D eigenvalue weighted by molar-refractivity contribution is -0.137. The number of amides is 1. The minimum atomic E-state index is -4.45. The van der Waals surface area contributed by atoms with Gasteiger partial charge < -0.3 is 14.8 Å². The molecular formula is C20H18F3NO3. The highest BCUT2D eigenvalue weighted by atomic mass is 19.4. The summed E-state index contributed by atoms with van der Waals surface area (Å²) in [6, 6.07) is 10.2. The fourth-order valence-corrected chi connectivity index (χ4v) is 2.85. The van der Waals surface area contributed by atoms with E-state index in [2.05, 4.69) is 5.32 Å². The number of carbonyl (C=O) groups excluding carboxylic acids is 1. The Morgan fingerprint density at radius 3 is 2.78 bits per heavy atom. The van der Waals surface area contributed by atoms with Gasteiger partial charge in [0.25, 0.3) is 0 Å². The summed E-state index contributed by atoms with van der Waals surface area (Å²) in [5, 5.41) is 2.73. The molecule has 2 aromatic carbocycles. The Bertz CT molecular complexity index is 875. The van der Waals surface area contributed by atoms with E-state index in [1.54, 1.807) is 24.3 Å². The molecule has 4 nitrogen and oxygen atoms in total. The second-order valence-electron chi connectivity index (χ2n) is 6.05. The van der Waals surface area contributed by atoms with Crippen molar-refractivity contribution < 1.29 is 27.4 Å². The standard InChI is InChI=1S/C20H18F3NO3/c1-26-16-6-2-5-15(12-16)24-19(25)10-13-4-3-9-27-18-11-14(20(21,22)23)7-8-17(13)18/h2,5-8,10-12H,3-4,9H2,1H3,(H,24,25). The van der Waals surface area contributed by atoms with Crippen LogP contribution in [0.1, 0.15) is 24.0 Å². The Morgan fingerprint density at radius 1 is 1.22 bits per heavy atom. The lowest BCUT2D eigenvalue weighted by Gasteiger charge is -2.13. The molecule has 0 aliphatic carbocycles. The average Bonchev–Trinajstić information content (AvgIpc) is 2.83. The SMILES string of the molecule is COc1cccc(NC(=O)C=C2CCCOc3cc(C(F)(F)F)ccc32)c1. The first-order valence-electron chi connectivity index (χ1n) is 8.37. The number of rotatable bonds is 3. The van der Waals surface area contributed by atoms with Crippen LogP contribution in [-0.2, 0) is 11.0 Å². The van der Waals surface area contributed by atoms with Crippen LogP contribution in [0.15, 0.2) is 48.5 Å². The van der Waals surface area contributed by atoms with Crippen LogP contribution in [0.5, 0.6) is 11.5 Å². The van der Waals surface area contributed by atoms with Gasteiger partial charge in [-0.1, -0.05) is 12.1 Å². The van der Waals surface area contributed by atoms with Crippen LogP contribution in [-0.4, -0.2) is 19.6 Å². The molecule has 0 atom stereocenters. The largest absolute Gasteiger partial charge is 0.497 e. The van der Waals surface area contributed by atoms with Crippen molar-refractivity contribution >= 4 is 17.2 Å². The molecule has 0 fully saturated rings. The summed E-state index contributed by atoms with van der Waals surface area (Å²) in [7, 11) is 1.53. The van der Waals surface area contributed by atoms with Crippen molar-refractivity contribution in [2.24, 2.45) is 0 Å². The van der Waals surface area contributed by atoms with E-state index < -0.39 is 11.7 Å². The van der Waals surface area contributed by atoms with Gasteiger partial charge in [0.15, 0.2) is 0 Å². The van der Waals surface area contributed by atoms with E-state index in [0.717, 1.165) is 12.1 Å². The van der Waals surface area contributed by atoms with Gasteiger partial charge in [-0.3, -0.25) is 4.79 Å². The number of anilines is 1. The summed E-state index contributed by atoms with van der Waals surface area (Å²) in [6.45, 7) is 0.295. The number of hydrogen-bond acceptors (Lipinski definition) is 3. The second kappa shape index (κ2) is 7.73. The number of allylic oxidation sites excluding steroid dienone is 1. The molecule has 27 heavy (non-hydrogen) atoms. The first kappa shape index (κ1) is 18.8. The van der Waals surface area contributed by atoms with Gasteiger partial charge in [-0.15, -0.1) is 0 Å². The van der Waals surface area contributed by atoms with Crippen molar-refractivity contribution in [3.05, 3.63) is 59.7 Å². The highest BCUT2D eigenvalue weighted by Gasteiger charge is 2.32. The van der Waals surface area contributed by atoms with Crippen LogP contribution >= 0.6 is 0 Å². The topological polar surface area (TPSA) is 47.6 Å². The van der Waals surface area contributed by atoms with Crippen LogP contribution < -0.4 is 14.8 Å². The average molecular weight is 377 g/mol. The van der Waals surface area contributed by atoms with Crippen LogP contribution in [0.4, 0.5) is 18.9 Å². The Hall–Kier alpha value is -2.96. The molecular weight excluding hydrogens is 359 g/mol. The van der Waals surface area contributed by atoms with Crippen molar-refractivity contribution in [1.29, 1.82) is 0 Å². The second-order valence-corrected chi connectivity index (χ2v) is 6.05. The molecule has 1 amide bonds. The summed E-state index contributed by atoms with van der Waals surface area (Å²) >= 11 is 0. The number of carbonyl (C=O) groups is 1. The Balaban J connectivity index is 1.86. The van der Waals surface area contributed by atoms with Crippen molar-refractivity contribution in [1.82, 2.24) is 0 Å². The number of hydrogen-bond donors (Lipinski definition) is 1. The molecule has 0 saturated heterocycles. The molecule has 0 saturated carbocycles. The molecule has 3 rings (SSSR count). The summed E-state index contributed by atoms with van der Waals surface area (Å²) in [4.78, 5) is 12.4. The van der Waals surface area contributed by atoms with E-state index in [0.29, 0.717) is 42.0 Å². The molecule has 7 heteroatoms. The summed E-state index contributed by atoms with van der Waals surface area (Å²) < 4.78 is 49.3. The van der Waals surface area contributed by atoms with E-state index in [-0.39, 0.29) is 11.7 Å². The smallest absolute Gasteiger partial charge is 0.416 e. The van der Waals surface area contributed by atoms with Crippen molar-refractivity contribution in [3.8, 4) is 11.5 Å². The van der Waals surface area contributed by atoms with Crippen molar-refractivity contribution in [2.75, 3.05) is 19.0 Å². The van der Waals surface area contributed by atoms with Crippen LogP contribution in [0.2, 0.25) is 0 Å². The zero-order valence-electron chi connectivity index (χ0n) is 14.6. The Labute approximate surface area is 154 Å². The minimum Gasteiger partial charge on any atom is -0.497 e. The highest BCUT2D eigenvalue weighted by Crippen LogP contribution is 2.38. The summed E-state index contributed by atoms with van der Waals surface area (Å²) in [5.41, 5.74) is 0.926. The first-order valence-corrected chi connectivity index (χ1v) is 8.37. The number of methoxy groups -OCH3 is 1. The molecule has 1 aliphatic heterocycles. The maximum atomic E-state index is 12.9. The number of benzene rings is 2. The van der Waals surface area contributed by atoms with Crippen LogP contribution in [0, 0.1) is 0 Å². The molecule has 1 N–H and O–H groups in total. The molecule has 2 aromatic rings. The summed E-state index contributed by atoms with van der Waals surface area (Å²) in [5.74, 6) is 0.377. The van der Waals surface area contributed by atoms with Crippen molar-refractivity contribution in [3.63, 3.8) is 0 Å². The van der Waals surface area contributed by atoms with E-state index in [9.17, 15) is 18.0 Å². The third-order valence-corrected chi connectivity index (χ3v) is 4.15. The van der Waals surface area contributed by atoms with E-state index in [1.165, 1.54) is 19.3 Å². The predicted octanol–water partition coefficient (Wildman–Crippen LogP) is 4.91. The Morgan fingerprint density at radius 2 is 2.04 bits per heavy atom. The van der Waals surface area contributed by atoms with Gasteiger partial charge >= 0.3 is 6.18 Å². The first-order chi connectivity index (χ1) is 12.9. The fourth-order valence-electron chi connectivity index (χ4n) is 2.85. The van der Waals surface area contributed by atoms with Gasteiger partial charge in [-0.25, -0.2) is 0 Å².